The number of nitrogens with zero attached hydrogens (tertiary/aromatic N) is 2. The maximum atomic E-state index is 11.9. The summed E-state index contributed by atoms with van der Waals surface area (Å²) in [4.78, 5) is 9.28. The Bertz CT molecular complexity index is 620. The second kappa shape index (κ2) is 3.10. The van der Waals surface area contributed by atoms with Crippen LogP contribution in [0.2, 0.25) is 0 Å². The summed E-state index contributed by atoms with van der Waals surface area (Å²) in [6, 6.07) is 0. The van der Waals surface area contributed by atoms with Crippen LogP contribution in [0.1, 0.15) is 0 Å². The normalized spacial score (nSPS) is 16.4. The summed E-state index contributed by atoms with van der Waals surface area (Å²) in [7, 11) is -3.48. The predicted molar refractivity (Wildman–Crippen MR) is 64.1 cm³/mol. The van der Waals surface area contributed by atoms with E-state index in [2.05, 4.69) is 41.8 Å². The van der Waals surface area contributed by atoms with Crippen LogP contribution in [0.5, 0.6) is 0 Å². The van der Waals surface area contributed by atoms with E-state index in [1.807, 2.05) is 0 Å². The minimum Gasteiger partial charge on any atom is -0.216 e. The van der Waals surface area contributed by atoms with E-state index >= 15 is 0 Å². The quantitative estimate of drug-likeness (QED) is 0.595. The lowest BCUT2D eigenvalue weighted by Crippen LogP contribution is -1.98. The molecular weight excluding hydrogens is 388 g/mol. The Labute approximate surface area is 110 Å². The summed E-state index contributed by atoms with van der Waals surface area (Å²) in [5.41, 5.74) is 0. The summed E-state index contributed by atoms with van der Waals surface area (Å²) in [6.45, 7) is 0. The first-order chi connectivity index (χ1) is 7.00. The van der Waals surface area contributed by atoms with Crippen molar-refractivity contribution in [2.75, 3.05) is 0 Å². The molecule has 3 rings (SSSR count). The molecule has 0 aromatic carbocycles. The second-order valence-electron chi connectivity index (χ2n) is 2.71. The van der Waals surface area contributed by atoms with Gasteiger partial charge in [-0.15, -0.1) is 22.7 Å². The minimum atomic E-state index is -3.48. The molecule has 0 aliphatic carbocycles. The molecule has 15 heavy (non-hydrogen) atoms. The molecule has 4 nitrogen and oxygen atoms in total. The fourth-order valence-corrected chi connectivity index (χ4v) is 6.82. The highest BCUT2D eigenvalue weighted by Crippen LogP contribution is 2.50. The molecule has 0 radical (unpaired) electrons. The Morgan fingerprint density at radius 2 is 1.33 bits per heavy atom. The zero-order valence-electron chi connectivity index (χ0n) is 6.69. The van der Waals surface area contributed by atoms with Crippen molar-refractivity contribution in [1.82, 2.24) is 9.97 Å². The fraction of sp³-hybridized carbons (Fsp3) is 0. The molecule has 0 amide bonds. The van der Waals surface area contributed by atoms with E-state index in [1.165, 1.54) is 22.7 Å². The largest absolute Gasteiger partial charge is 0.244 e. The number of rotatable bonds is 0. The van der Waals surface area contributed by atoms with Gasteiger partial charge in [-0.1, -0.05) is 0 Å². The number of hydrogen-bond acceptors (Lipinski definition) is 6. The van der Waals surface area contributed by atoms with E-state index in [1.54, 1.807) is 0 Å². The van der Waals surface area contributed by atoms with Crippen LogP contribution in [0.15, 0.2) is 17.9 Å². The van der Waals surface area contributed by atoms with Crippen LogP contribution in [0.25, 0.3) is 9.75 Å². The lowest BCUT2D eigenvalue weighted by molar-refractivity contribution is 0.593. The van der Waals surface area contributed by atoms with Crippen LogP contribution in [-0.4, -0.2) is 18.4 Å². The number of fused-ring (bicyclic) bond motifs is 3. The third-order valence-corrected chi connectivity index (χ3v) is 6.90. The molecule has 0 saturated heterocycles. The minimum absolute atomic E-state index is 0.126. The van der Waals surface area contributed by atoms with Gasteiger partial charge in [0.15, 0.2) is 17.9 Å². The third-order valence-electron chi connectivity index (χ3n) is 1.86. The van der Waals surface area contributed by atoms with Crippen LogP contribution in [0.4, 0.5) is 0 Å². The highest BCUT2D eigenvalue weighted by atomic mass is 79.9. The van der Waals surface area contributed by atoms with Crippen molar-refractivity contribution in [2.24, 2.45) is 0 Å². The van der Waals surface area contributed by atoms with Crippen LogP contribution in [0.3, 0.4) is 0 Å². The third kappa shape index (κ3) is 1.30. The SMILES string of the molecule is O=S1(=O)c2nc(Br)sc2-c2sc(Br)nc21. The van der Waals surface area contributed by atoms with Gasteiger partial charge in [0.25, 0.3) is 0 Å². The molecule has 2 aromatic rings. The monoisotopic (exact) mass is 386 g/mol. The maximum Gasteiger partial charge on any atom is 0.244 e. The van der Waals surface area contributed by atoms with Gasteiger partial charge in [0.05, 0.1) is 9.75 Å². The molecule has 2 aromatic heterocycles. The Hall–Kier alpha value is 0.170. The standard InChI is InChI=1S/C6Br2N2O2S3/c7-5-9-3-1(13-5)2-4(15(3,11)12)10-6(8)14-2. The van der Waals surface area contributed by atoms with Gasteiger partial charge in [-0.25, -0.2) is 18.4 Å². The Morgan fingerprint density at radius 3 is 1.73 bits per heavy atom. The van der Waals surface area contributed by atoms with Crippen LogP contribution < -0.4 is 0 Å². The van der Waals surface area contributed by atoms with Crippen LogP contribution in [0, 0.1) is 0 Å². The topological polar surface area (TPSA) is 59.9 Å². The van der Waals surface area contributed by atoms with Gasteiger partial charge in [0, 0.05) is 0 Å². The predicted octanol–water partition coefficient (Wildman–Crippen LogP) is 2.94. The first-order valence-electron chi connectivity index (χ1n) is 3.58. The maximum absolute atomic E-state index is 11.9. The van der Waals surface area contributed by atoms with Crippen LogP contribution in [-0.2, 0) is 9.84 Å². The molecule has 0 unspecified atom stereocenters. The first-order valence-corrected chi connectivity index (χ1v) is 8.28. The van der Waals surface area contributed by atoms with Crippen molar-refractivity contribution >= 4 is 64.4 Å². The number of aromatic nitrogens is 2. The molecule has 0 saturated carbocycles. The molecule has 0 spiro atoms. The molecule has 0 bridgehead atoms. The summed E-state index contributed by atoms with van der Waals surface area (Å²) in [5.74, 6) is 0. The Kier molecular flexibility index (Phi) is 2.13. The summed E-state index contributed by atoms with van der Waals surface area (Å²) in [5, 5.41) is 0.251. The van der Waals surface area contributed by atoms with Gasteiger partial charge < -0.3 is 0 Å². The highest BCUT2D eigenvalue weighted by molar-refractivity contribution is 9.11. The van der Waals surface area contributed by atoms with E-state index in [0.29, 0.717) is 17.6 Å². The van der Waals surface area contributed by atoms with E-state index in [4.69, 9.17) is 0 Å². The number of thiazole rings is 2. The smallest absolute Gasteiger partial charge is 0.216 e. The summed E-state index contributed by atoms with van der Waals surface area (Å²) < 4.78 is 25.0. The summed E-state index contributed by atoms with van der Waals surface area (Å²) >= 11 is 8.99. The van der Waals surface area contributed by atoms with Gasteiger partial charge in [-0.3, -0.25) is 0 Å². The first kappa shape index (κ1) is 10.3. The van der Waals surface area contributed by atoms with Crippen molar-refractivity contribution in [3.63, 3.8) is 0 Å². The molecule has 78 valence electrons. The molecule has 9 heteroatoms. The highest BCUT2D eigenvalue weighted by Gasteiger charge is 2.40. The van der Waals surface area contributed by atoms with Crippen molar-refractivity contribution in [2.45, 2.75) is 10.1 Å². The Morgan fingerprint density at radius 1 is 0.933 bits per heavy atom. The number of sulfone groups is 1. The molecule has 3 heterocycles. The molecule has 1 aliphatic rings. The average molecular weight is 388 g/mol. The van der Waals surface area contributed by atoms with Crippen molar-refractivity contribution in [3.8, 4) is 9.75 Å². The van der Waals surface area contributed by atoms with Gasteiger partial charge in [-0.05, 0) is 31.9 Å². The van der Waals surface area contributed by atoms with Gasteiger partial charge >= 0.3 is 0 Å². The molecular formula is C6Br2N2O2S3. The number of halogens is 2. The Balaban J connectivity index is 2.49. The number of hydrogen-bond donors (Lipinski definition) is 0. The van der Waals surface area contributed by atoms with Crippen LogP contribution >= 0.6 is 54.5 Å². The summed E-state index contributed by atoms with van der Waals surface area (Å²) in [6.07, 6.45) is 0. The zero-order chi connectivity index (χ0) is 10.8. The van der Waals surface area contributed by atoms with Crippen molar-refractivity contribution in [3.05, 3.63) is 7.83 Å². The van der Waals surface area contributed by atoms with E-state index in [0.717, 1.165) is 0 Å². The molecule has 0 fully saturated rings. The lowest BCUT2D eigenvalue weighted by Gasteiger charge is -1.89. The van der Waals surface area contributed by atoms with E-state index < -0.39 is 9.84 Å². The van der Waals surface area contributed by atoms with Gasteiger partial charge in [0.2, 0.25) is 9.84 Å². The lowest BCUT2D eigenvalue weighted by atomic mass is 10.5. The average Bonchev–Trinajstić information content (AvgIpc) is 2.72. The zero-order valence-corrected chi connectivity index (χ0v) is 12.3. The van der Waals surface area contributed by atoms with Gasteiger partial charge in [0.1, 0.15) is 0 Å². The van der Waals surface area contributed by atoms with Crippen molar-refractivity contribution < 1.29 is 8.42 Å². The molecule has 0 atom stereocenters. The fourth-order valence-electron chi connectivity index (χ4n) is 1.31. The van der Waals surface area contributed by atoms with E-state index in [-0.39, 0.29) is 10.1 Å². The molecule has 1 aliphatic heterocycles. The molecule has 0 N–H and O–H groups in total. The van der Waals surface area contributed by atoms with Gasteiger partial charge in [-0.2, -0.15) is 0 Å². The van der Waals surface area contributed by atoms with E-state index in [9.17, 15) is 8.42 Å². The van der Waals surface area contributed by atoms with Crippen molar-refractivity contribution in [1.29, 1.82) is 0 Å². The second-order valence-corrected chi connectivity index (χ2v) is 9.04.